The van der Waals surface area contributed by atoms with Crippen LogP contribution in [-0.4, -0.2) is 35.1 Å². The van der Waals surface area contributed by atoms with Gasteiger partial charge in [0, 0.05) is 0 Å². The first kappa shape index (κ1) is 13.1. The maximum atomic E-state index is 11.0. The highest BCUT2D eigenvalue weighted by Gasteiger charge is 2.29. The monoisotopic (exact) mass is 247 g/mol. The van der Waals surface area contributed by atoms with Crippen LogP contribution in [0.4, 0.5) is 0 Å². The van der Waals surface area contributed by atoms with Crippen LogP contribution < -0.4 is 0 Å². The van der Waals surface area contributed by atoms with Gasteiger partial charge in [-0.1, -0.05) is 30.3 Å². The molecule has 18 heavy (non-hydrogen) atoms. The first-order valence-electron chi connectivity index (χ1n) is 6.78. The van der Waals surface area contributed by atoms with E-state index in [1.54, 1.807) is 0 Å². The summed E-state index contributed by atoms with van der Waals surface area (Å²) in [5.41, 5.74) is 1.37. The molecule has 0 radical (unpaired) electrons. The molecule has 0 aliphatic carbocycles. The second-order valence-electron chi connectivity index (χ2n) is 4.97. The minimum atomic E-state index is -0.657. The molecule has 1 heterocycles. The molecule has 0 aromatic heterocycles. The molecular weight excluding hydrogens is 226 g/mol. The molecule has 98 valence electrons. The van der Waals surface area contributed by atoms with Gasteiger partial charge in [0.15, 0.2) is 0 Å². The second-order valence-corrected chi connectivity index (χ2v) is 4.97. The lowest BCUT2D eigenvalue weighted by Crippen LogP contribution is -2.36. The molecule has 1 atom stereocenters. The van der Waals surface area contributed by atoms with Crippen LogP contribution in [0.3, 0.4) is 0 Å². The minimum Gasteiger partial charge on any atom is -0.480 e. The van der Waals surface area contributed by atoms with Crippen LogP contribution >= 0.6 is 0 Å². The fraction of sp³-hybridized carbons (Fsp3) is 0.533. The quantitative estimate of drug-likeness (QED) is 0.785. The van der Waals surface area contributed by atoms with Crippen molar-refractivity contribution in [1.29, 1.82) is 0 Å². The average Bonchev–Trinajstić information content (AvgIpc) is 2.84. The third-order valence-corrected chi connectivity index (χ3v) is 3.65. The molecule has 1 aromatic rings. The topological polar surface area (TPSA) is 40.5 Å². The van der Waals surface area contributed by atoms with Crippen molar-refractivity contribution in [2.75, 3.05) is 13.1 Å². The first-order valence-corrected chi connectivity index (χ1v) is 6.78. The van der Waals surface area contributed by atoms with Crippen LogP contribution in [0.25, 0.3) is 0 Å². The molecule has 1 aliphatic rings. The van der Waals surface area contributed by atoms with Crippen molar-refractivity contribution >= 4 is 5.97 Å². The van der Waals surface area contributed by atoms with Gasteiger partial charge < -0.3 is 5.11 Å². The van der Waals surface area contributed by atoms with Gasteiger partial charge in [-0.2, -0.15) is 0 Å². The molecule has 1 aliphatic heterocycles. The number of rotatable bonds is 6. The number of aryl methyl sites for hydroxylation is 1. The zero-order valence-electron chi connectivity index (χ0n) is 10.7. The van der Waals surface area contributed by atoms with E-state index in [9.17, 15) is 4.79 Å². The number of nitrogens with zero attached hydrogens (tertiary/aromatic N) is 1. The second kappa shape index (κ2) is 6.55. The molecule has 1 unspecified atom stereocenters. The average molecular weight is 247 g/mol. The van der Waals surface area contributed by atoms with Gasteiger partial charge in [-0.15, -0.1) is 0 Å². The van der Waals surface area contributed by atoms with Crippen LogP contribution in [0.2, 0.25) is 0 Å². The molecule has 2 rings (SSSR count). The van der Waals surface area contributed by atoms with E-state index in [1.165, 1.54) is 5.56 Å². The van der Waals surface area contributed by atoms with Gasteiger partial charge in [-0.05, 0) is 50.8 Å². The summed E-state index contributed by atoms with van der Waals surface area (Å²) in [5, 5.41) is 9.08. The number of unbranched alkanes of at least 4 members (excludes halogenated alkanes) is 1. The van der Waals surface area contributed by atoms with E-state index in [4.69, 9.17) is 5.11 Å². The Bertz CT molecular complexity index is 377. The highest BCUT2D eigenvalue weighted by Crippen LogP contribution is 2.18. The third-order valence-electron chi connectivity index (χ3n) is 3.65. The summed E-state index contributed by atoms with van der Waals surface area (Å²) >= 11 is 0. The highest BCUT2D eigenvalue weighted by atomic mass is 16.4. The lowest BCUT2D eigenvalue weighted by atomic mass is 10.1. The Morgan fingerprint density at radius 2 is 2.06 bits per heavy atom. The van der Waals surface area contributed by atoms with E-state index >= 15 is 0 Å². The van der Waals surface area contributed by atoms with Crippen molar-refractivity contribution in [1.82, 2.24) is 4.90 Å². The first-order chi connectivity index (χ1) is 8.77. The van der Waals surface area contributed by atoms with Crippen molar-refractivity contribution in [2.45, 2.75) is 38.1 Å². The Hall–Kier alpha value is -1.35. The van der Waals surface area contributed by atoms with Gasteiger partial charge in [0.2, 0.25) is 0 Å². The lowest BCUT2D eigenvalue weighted by molar-refractivity contribution is -0.142. The minimum absolute atomic E-state index is 0.235. The maximum Gasteiger partial charge on any atom is 0.320 e. The van der Waals surface area contributed by atoms with Crippen molar-refractivity contribution in [3.63, 3.8) is 0 Å². The van der Waals surface area contributed by atoms with Crippen LogP contribution in [-0.2, 0) is 11.2 Å². The molecule has 1 aromatic carbocycles. The number of likely N-dealkylation sites (tertiary alicyclic amines) is 1. The lowest BCUT2D eigenvalue weighted by Gasteiger charge is -2.20. The summed E-state index contributed by atoms with van der Waals surface area (Å²) in [7, 11) is 0. The van der Waals surface area contributed by atoms with Crippen LogP contribution in [0, 0.1) is 0 Å². The van der Waals surface area contributed by atoms with Gasteiger partial charge in [0.25, 0.3) is 0 Å². The van der Waals surface area contributed by atoms with E-state index in [0.29, 0.717) is 0 Å². The molecule has 3 heteroatoms. The Morgan fingerprint density at radius 1 is 1.28 bits per heavy atom. The van der Waals surface area contributed by atoms with Crippen molar-refractivity contribution in [2.24, 2.45) is 0 Å². The van der Waals surface area contributed by atoms with Crippen LogP contribution in [0.15, 0.2) is 30.3 Å². The van der Waals surface area contributed by atoms with E-state index in [1.807, 2.05) is 6.07 Å². The van der Waals surface area contributed by atoms with Gasteiger partial charge in [0.05, 0.1) is 0 Å². The fourth-order valence-corrected chi connectivity index (χ4v) is 2.66. The Kier molecular flexibility index (Phi) is 4.76. The smallest absolute Gasteiger partial charge is 0.320 e. The Balaban J connectivity index is 1.68. The Labute approximate surface area is 108 Å². The Morgan fingerprint density at radius 3 is 2.78 bits per heavy atom. The third kappa shape index (κ3) is 3.57. The zero-order valence-corrected chi connectivity index (χ0v) is 10.7. The molecule has 1 fully saturated rings. The highest BCUT2D eigenvalue weighted by molar-refractivity contribution is 5.73. The largest absolute Gasteiger partial charge is 0.480 e. The predicted molar refractivity (Wildman–Crippen MR) is 71.6 cm³/mol. The predicted octanol–water partition coefficient (Wildman–Crippen LogP) is 2.56. The summed E-state index contributed by atoms with van der Waals surface area (Å²) in [6, 6.07) is 10.2. The van der Waals surface area contributed by atoms with E-state index < -0.39 is 5.97 Å². The van der Waals surface area contributed by atoms with E-state index in [-0.39, 0.29) is 6.04 Å². The number of carbonyl (C=O) groups is 1. The summed E-state index contributed by atoms with van der Waals surface area (Å²) in [4.78, 5) is 13.1. The molecular formula is C15H21NO2. The van der Waals surface area contributed by atoms with Gasteiger partial charge in [-0.25, -0.2) is 0 Å². The van der Waals surface area contributed by atoms with Gasteiger partial charge in [0.1, 0.15) is 6.04 Å². The molecule has 1 saturated heterocycles. The van der Waals surface area contributed by atoms with Crippen molar-refractivity contribution < 1.29 is 9.90 Å². The summed E-state index contributed by atoms with van der Waals surface area (Å²) in [6.45, 7) is 1.87. The molecule has 3 nitrogen and oxygen atoms in total. The normalized spacial score (nSPS) is 20.1. The number of benzene rings is 1. The van der Waals surface area contributed by atoms with Crippen LogP contribution in [0.5, 0.6) is 0 Å². The number of hydrogen-bond donors (Lipinski definition) is 1. The van der Waals surface area contributed by atoms with E-state index in [0.717, 1.165) is 45.2 Å². The molecule has 0 bridgehead atoms. The number of carboxylic acids is 1. The van der Waals surface area contributed by atoms with Crippen molar-refractivity contribution in [3.05, 3.63) is 35.9 Å². The summed E-state index contributed by atoms with van der Waals surface area (Å²) in [6.07, 6.45) is 5.14. The summed E-state index contributed by atoms with van der Waals surface area (Å²) in [5.74, 6) is -0.657. The SMILES string of the molecule is O=C(O)C1CCCN1CCCCc1ccccc1. The number of aliphatic carboxylic acids is 1. The van der Waals surface area contributed by atoms with E-state index in [2.05, 4.69) is 29.2 Å². The van der Waals surface area contributed by atoms with Crippen LogP contribution in [0.1, 0.15) is 31.2 Å². The fourth-order valence-electron chi connectivity index (χ4n) is 2.66. The molecule has 0 saturated carbocycles. The molecule has 0 amide bonds. The van der Waals surface area contributed by atoms with Gasteiger partial charge >= 0.3 is 5.97 Å². The van der Waals surface area contributed by atoms with Crippen molar-refractivity contribution in [3.8, 4) is 0 Å². The number of carboxylic acid groups (broad SMARTS) is 1. The zero-order chi connectivity index (χ0) is 12.8. The number of hydrogen-bond acceptors (Lipinski definition) is 2. The summed E-state index contributed by atoms with van der Waals surface area (Å²) < 4.78 is 0. The molecule has 0 spiro atoms. The maximum absolute atomic E-state index is 11.0. The standard InChI is InChI=1S/C15H21NO2/c17-15(18)14-10-6-12-16(14)11-5-4-9-13-7-2-1-3-8-13/h1-3,7-8,14H,4-6,9-12H2,(H,17,18). The molecule has 1 N–H and O–H groups in total. The van der Waals surface area contributed by atoms with Gasteiger partial charge in [-0.3, -0.25) is 9.69 Å².